The topological polar surface area (TPSA) is 92.8 Å². The molecule has 0 aromatic heterocycles. The third kappa shape index (κ3) is 3.69. The van der Waals surface area contributed by atoms with Gasteiger partial charge in [0.25, 0.3) is 17.7 Å². The number of nitrogens with one attached hydrogen (secondary N) is 1. The van der Waals surface area contributed by atoms with Crippen LogP contribution in [0.15, 0.2) is 66.7 Å². The number of imide groups is 1. The van der Waals surface area contributed by atoms with E-state index in [4.69, 9.17) is 4.74 Å². The van der Waals surface area contributed by atoms with Crippen LogP contribution in [0.1, 0.15) is 43.6 Å². The monoisotopic (exact) mass is 414 g/mol. The zero-order valence-electron chi connectivity index (χ0n) is 16.8. The Bertz CT molecular complexity index is 1210. The number of hydrogen-bond donors (Lipinski definition) is 1. The summed E-state index contributed by atoms with van der Waals surface area (Å²) in [7, 11) is 0. The first-order valence-corrected chi connectivity index (χ1v) is 9.54. The van der Waals surface area contributed by atoms with Crippen molar-refractivity contribution in [2.75, 3.05) is 10.2 Å². The molecule has 0 atom stereocenters. The lowest BCUT2D eigenvalue weighted by Gasteiger charge is -2.17. The number of aryl methyl sites for hydroxylation is 1. The molecule has 1 heterocycles. The highest BCUT2D eigenvalue weighted by Gasteiger charge is 2.36. The summed E-state index contributed by atoms with van der Waals surface area (Å²) in [4.78, 5) is 50.9. The molecule has 1 aliphatic rings. The smallest absolute Gasteiger partial charge is 0.308 e. The van der Waals surface area contributed by atoms with Crippen molar-refractivity contribution >= 4 is 35.1 Å². The van der Waals surface area contributed by atoms with Gasteiger partial charge in [0.1, 0.15) is 0 Å². The molecule has 0 saturated heterocycles. The molecule has 7 heteroatoms. The minimum absolute atomic E-state index is 0.0310. The number of nitrogens with zero attached hydrogens (tertiary/aromatic N) is 1. The summed E-state index contributed by atoms with van der Waals surface area (Å²) in [5, 5.41) is 2.73. The average Bonchev–Trinajstić information content (AvgIpc) is 3.00. The minimum Gasteiger partial charge on any atom is -0.424 e. The number of benzene rings is 3. The van der Waals surface area contributed by atoms with Crippen LogP contribution in [-0.4, -0.2) is 23.7 Å². The van der Waals surface area contributed by atoms with E-state index < -0.39 is 17.8 Å². The maximum atomic E-state index is 12.8. The maximum absolute atomic E-state index is 12.8. The average molecular weight is 414 g/mol. The molecule has 4 rings (SSSR count). The highest BCUT2D eigenvalue weighted by molar-refractivity contribution is 6.34. The summed E-state index contributed by atoms with van der Waals surface area (Å²) >= 11 is 0. The molecule has 3 amide bonds. The van der Waals surface area contributed by atoms with Gasteiger partial charge in [-0.05, 0) is 42.8 Å². The van der Waals surface area contributed by atoms with Crippen LogP contribution in [0.3, 0.4) is 0 Å². The third-order valence-electron chi connectivity index (χ3n) is 4.91. The SMILES string of the molecule is CC(=O)Oc1cc(N2C(=O)c3ccccc3C2=O)ccc1NC(=O)c1ccccc1C. The molecule has 1 N–H and O–H groups in total. The summed E-state index contributed by atoms with van der Waals surface area (Å²) in [6, 6.07) is 18.0. The van der Waals surface area contributed by atoms with Gasteiger partial charge in [0, 0.05) is 18.6 Å². The van der Waals surface area contributed by atoms with Crippen molar-refractivity contribution in [2.45, 2.75) is 13.8 Å². The summed E-state index contributed by atoms with van der Waals surface area (Å²) in [6.07, 6.45) is 0. The standard InChI is InChI=1S/C24H18N2O5/c1-14-7-3-4-8-17(14)22(28)25-20-12-11-16(13-21(20)31-15(2)27)26-23(29)18-9-5-6-10-19(18)24(26)30/h3-13H,1-2H3,(H,25,28). The van der Waals surface area contributed by atoms with Gasteiger partial charge in [-0.3, -0.25) is 19.2 Å². The van der Waals surface area contributed by atoms with Crippen molar-refractivity contribution < 1.29 is 23.9 Å². The van der Waals surface area contributed by atoms with Gasteiger partial charge < -0.3 is 10.1 Å². The number of esters is 1. The second kappa shape index (κ2) is 7.87. The molecular formula is C24H18N2O5. The van der Waals surface area contributed by atoms with E-state index in [1.165, 1.54) is 25.1 Å². The quantitative estimate of drug-likeness (QED) is 0.396. The van der Waals surface area contributed by atoms with Crippen molar-refractivity contribution in [1.29, 1.82) is 0 Å². The van der Waals surface area contributed by atoms with Crippen LogP contribution in [0.4, 0.5) is 11.4 Å². The molecule has 3 aromatic carbocycles. The van der Waals surface area contributed by atoms with E-state index in [0.29, 0.717) is 16.7 Å². The van der Waals surface area contributed by atoms with Crippen LogP contribution in [0.25, 0.3) is 0 Å². The second-order valence-electron chi connectivity index (χ2n) is 7.03. The van der Waals surface area contributed by atoms with Crippen molar-refractivity contribution in [3.63, 3.8) is 0 Å². The largest absolute Gasteiger partial charge is 0.424 e. The number of amides is 3. The Balaban J connectivity index is 1.69. The van der Waals surface area contributed by atoms with E-state index >= 15 is 0 Å². The van der Waals surface area contributed by atoms with E-state index in [1.807, 2.05) is 19.1 Å². The fraction of sp³-hybridized carbons (Fsp3) is 0.0833. The molecule has 0 radical (unpaired) electrons. The van der Waals surface area contributed by atoms with Crippen molar-refractivity contribution in [2.24, 2.45) is 0 Å². The first kappa shape index (κ1) is 20.0. The Kier molecular flexibility index (Phi) is 5.09. The third-order valence-corrected chi connectivity index (χ3v) is 4.91. The van der Waals surface area contributed by atoms with Gasteiger partial charge in [-0.2, -0.15) is 0 Å². The normalized spacial score (nSPS) is 12.5. The number of fused-ring (bicyclic) bond motifs is 1. The van der Waals surface area contributed by atoms with E-state index in [-0.39, 0.29) is 23.0 Å². The second-order valence-corrected chi connectivity index (χ2v) is 7.03. The van der Waals surface area contributed by atoms with Gasteiger partial charge in [0.05, 0.1) is 22.5 Å². The van der Waals surface area contributed by atoms with Crippen molar-refractivity contribution in [3.05, 3.63) is 89.0 Å². The van der Waals surface area contributed by atoms with Crippen LogP contribution in [0, 0.1) is 6.92 Å². The predicted molar refractivity (Wildman–Crippen MR) is 114 cm³/mol. The number of hydrogen-bond acceptors (Lipinski definition) is 5. The lowest BCUT2D eigenvalue weighted by molar-refractivity contribution is -0.131. The zero-order chi connectivity index (χ0) is 22.1. The lowest BCUT2D eigenvalue weighted by atomic mass is 10.1. The molecule has 31 heavy (non-hydrogen) atoms. The van der Waals surface area contributed by atoms with Crippen LogP contribution in [0.5, 0.6) is 5.75 Å². The van der Waals surface area contributed by atoms with Crippen LogP contribution >= 0.6 is 0 Å². The number of anilines is 2. The molecule has 0 aliphatic carbocycles. The molecule has 0 unspecified atom stereocenters. The predicted octanol–water partition coefficient (Wildman–Crippen LogP) is 3.97. The molecule has 0 bridgehead atoms. The highest BCUT2D eigenvalue weighted by Crippen LogP contribution is 2.34. The minimum atomic E-state index is -0.606. The first-order chi connectivity index (χ1) is 14.9. The van der Waals surface area contributed by atoms with Gasteiger partial charge >= 0.3 is 5.97 Å². The Morgan fingerprint density at radius 2 is 1.48 bits per heavy atom. The number of carbonyl (C=O) groups excluding carboxylic acids is 4. The Hall–Kier alpha value is -4.26. The summed E-state index contributed by atoms with van der Waals surface area (Å²) < 4.78 is 5.26. The molecule has 0 saturated carbocycles. The zero-order valence-corrected chi connectivity index (χ0v) is 16.8. The lowest BCUT2D eigenvalue weighted by Crippen LogP contribution is -2.29. The Labute approximate surface area is 178 Å². The van der Waals surface area contributed by atoms with Crippen molar-refractivity contribution in [3.8, 4) is 5.75 Å². The molecule has 3 aromatic rings. The first-order valence-electron chi connectivity index (χ1n) is 9.54. The molecule has 154 valence electrons. The van der Waals surface area contributed by atoms with Gasteiger partial charge in [-0.25, -0.2) is 4.90 Å². The number of carbonyl (C=O) groups is 4. The number of rotatable bonds is 4. The van der Waals surface area contributed by atoms with E-state index in [1.54, 1.807) is 36.4 Å². The van der Waals surface area contributed by atoms with E-state index in [9.17, 15) is 19.2 Å². The van der Waals surface area contributed by atoms with Gasteiger partial charge in [0.2, 0.25) is 0 Å². The highest BCUT2D eigenvalue weighted by atomic mass is 16.5. The molecule has 1 aliphatic heterocycles. The summed E-state index contributed by atoms with van der Waals surface area (Å²) in [5.74, 6) is -1.88. The fourth-order valence-electron chi connectivity index (χ4n) is 3.43. The molecule has 0 fully saturated rings. The maximum Gasteiger partial charge on any atom is 0.308 e. The molecule has 7 nitrogen and oxygen atoms in total. The molecule has 0 spiro atoms. The van der Waals surface area contributed by atoms with Gasteiger partial charge in [0.15, 0.2) is 5.75 Å². The molecular weight excluding hydrogens is 396 g/mol. The fourth-order valence-corrected chi connectivity index (χ4v) is 3.43. The number of ether oxygens (including phenoxy) is 1. The van der Waals surface area contributed by atoms with E-state index in [2.05, 4.69) is 5.32 Å². The Morgan fingerprint density at radius 1 is 0.871 bits per heavy atom. The summed E-state index contributed by atoms with van der Waals surface area (Å²) in [6.45, 7) is 3.04. The van der Waals surface area contributed by atoms with Crippen LogP contribution in [0.2, 0.25) is 0 Å². The van der Waals surface area contributed by atoms with E-state index in [0.717, 1.165) is 10.5 Å². The van der Waals surface area contributed by atoms with Gasteiger partial charge in [-0.15, -0.1) is 0 Å². The van der Waals surface area contributed by atoms with Crippen LogP contribution < -0.4 is 15.0 Å². The van der Waals surface area contributed by atoms with Crippen molar-refractivity contribution in [1.82, 2.24) is 0 Å². The van der Waals surface area contributed by atoms with Crippen LogP contribution in [-0.2, 0) is 4.79 Å². The summed E-state index contributed by atoms with van der Waals surface area (Å²) in [5.41, 5.74) is 2.34. The van der Waals surface area contributed by atoms with Gasteiger partial charge in [-0.1, -0.05) is 30.3 Å². The Morgan fingerprint density at radius 3 is 2.10 bits per heavy atom.